The number of hydrogen-bond donors (Lipinski definition) is 0. The van der Waals surface area contributed by atoms with Gasteiger partial charge < -0.3 is 8.98 Å². The van der Waals surface area contributed by atoms with Crippen LogP contribution in [0, 0.1) is 11.3 Å². The van der Waals surface area contributed by atoms with Gasteiger partial charge in [0.25, 0.3) is 0 Å². The lowest BCUT2D eigenvalue weighted by Crippen LogP contribution is -2.07. The Balaban J connectivity index is 1.15. The Kier molecular flexibility index (Phi) is 7.16. The number of aromatic nitrogens is 5. The van der Waals surface area contributed by atoms with Crippen LogP contribution < -0.4 is 0 Å². The van der Waals surface area contributed by atoms with Crippen molar-refractivity contribution in [3.05, 3.63) is 188 Å². The minimum Gasteiger partial charge on any atom is -0.456 e. The number of nitriles is 1. The summed E-state index contributed by atoms with van der Waals surface area (Å²) in [4.78, 5) is 15.9. The van der Waals surface area contributed by atoms with Crippen LogP contribution in [0.5, 0.6) is 0 Å². The Labute approximate surface area is 337 Å². The number of nitrogens with zero attached hydrogens (tertiary/aromatic N) is 6. The molecule has 0 aliphatic rings. The van der Waals surface area contributed by atoms with E-state index in [9.17, 15) is 5.26 Å². The predicted molar refractivity (Wildman–Crippen MR) is 237 cm³/mol. The Morgan fingerprint density at radius 3 is 1.76 bits per heavy atom. The first kappa shape index (κ1) is 32.9. The number of furan rings is 1. The average molecular weight is 755 g/mol. The van der Waals surface area contributed by atoms with Gasteiger partial charge in [0.2, 0.25) is 5.95 Å². The number of rotatable bonds is 5. The van der Waals surface area contributed by atoms with Crippen LogP contribution in [0.1, 0.15) is 5.56 Å². The zero-order valence-electron chi connectivity index (χ0n) is 31.4. The summed E-state index contributed by atoms with van der Waals surface area (Å²) in [6.45, 7) is 0. The molecule has 0 radical (unpaired) electrons. The molecule has 274 valence electrons. The van der Waals surface area contributed by atoms with Crippen LogP contribution in [0.2, 0.25) is 0 Å². The van der Waals surface area contributed by atoms with Gasteiger partial charge >= 0.3 is 0 Å². The van der Waals surface area contributed by atoms with Gasteiger partial charge in [-0.05, 0) is 84.4 Å². The van der Waals surface area contributed by atoms with E-state index in [1.807, 2.05) is 60.7 Å². The first-order valence-corrected chi connectivity index (χ1v) is 19.5. The van der Waals surface area contributed by atoms with Crippen LogP contribution in [-0.4, -0.2) is 24.1 Å². The van der Waals surface area contributed by atoms with Crippen molar-refractivity contribution in [3.8, 4) is 51.6 Å². The molecule has 8 aromatic carbocycles. The lowest BCUT2D eigenvalue weighted by atomic mass is 10.0. The van der Waals surface area contributed by atoms with Gasteiger partial charge in [-0.15, -0.1) is 0 Å². The summed E-state index contributed by atoms with van der Waals surface area (Å²) in [5, 5.41) is 16.0. The van der Waals surface area contributed by atoms with E-state index >= 15 is 0 Å². The van der Waals surface area contributed by atoms with Crippen molar-refractivity contribution in [2.24, 2.45) is 0 Å². The number of fused-ring (bicyclic) bond motifs is 9. The Morgan fingerprint density at radius 1 is 0.424 bits per heavy atom. The highest BCUT2D eigenvalue weighted by atomic mass is 16.3. The molecule has 7 heteroatoms. The van der Waals surface area contributed by atoms with E-state index in [2.05, 4.69) is 137 Å². The third-order valence-corrected chi connectivity index (χ3v) is 11.4. The third-order valence-electron chi connectivity index (χ3n) is 11.4. The largest absolute Gasteiger partial charge is 0.456 e. The van der Waals surface area contributed by atoms with Crippen molar-refractivity contribution in [1.82, 2.24) is 24.1 Å². The normalized spacial score (nSPS) is 11.7. The van der Waals surface area contributed by atoms with Crippen molar-refractivity contribution in [2.45, 2.75) is 0 Å². The van der Waals surface area contributed by atoms with Crippen LogP contribution in [0.4, 0.5) is 0 Å². The molecule has 4 heterocycles. The molecule has 0 unspecified atom stereocenters. The minimum absolute atomic E-state index is 0.501. The maximum atomic E-state index is 9.58. The van der Waals surface area contributed by atoms with Crippen molar-refractivity contribution in [3.63, 3.8) is 0 Å². The highest BCUT2D eigenvalue weighted by Gasteiger charge is 2.22. The molecular weight excluding hydrogens is 725 g/mol. The van der Waals surface area contributed by atoms with E-state index in [4.69, 9.17) is 19.4 Å². The second-order valence-corrected chi connectivity index (χ2v) is 14.8. The molecule has 0 aliphatic heterocycles. The topological polar surface area (TPSA) is 85.5 Å². The van der Waals surface area contributed by atoms with Gasteiger partial charge in [-0.3, -0.25) is 4.57 Å². The van der Waals surface area contributed by atoms with E-state index in [1.54, 1.807) is 0 Å². The molecule has 0 saturated carbocycles. The Hall–Kier alpha value is -8.34. The maximum Gasteiger partial charge on any atom is 0.238 e. The van der Waals surface area contributed by atoms with E-state index in [0.29, 0.717) is 23.2 Å². The van der Waals surface area contributed by atoms with Crippen LogP contribution >= 0.6 is 0 Å². The predicted octanol–water partition coefficient (Wildman–Crippen LogP) is 12.8. The summed E-state index contributed by atoms with van der Waals surface area (Å²) in [5.41, 5.74) is 11.3. The van der Waals surface area contributed by atoms with E-state index in [1.165, 1.54) is 0 Å². The smallest absolute Gasteiger partial charge is 0.238 e. The molecule has 12 rings (SSSR count). The van der Waals surface area contributed by atoms with Crippen molar-refractivity contribution < 1.29 is 4.42 Å². The lowest BCUT2D eigenvalue weighted by Gasteiger charge is -2.13. The number of hydrogen-bond acceptors (Lipinski definition) is 5. The van der Waals surface area contributed by atoms with Gasteiger partial charge in [0.15, 0.2) is 11.6 Å². The molecule has 0 fully saturated rings. The monoisotopic (exact) mass is 754 g/mol. The number of benzene rings is 8. The summed E-state index contributed by atoms with van der Waals surface area (Å²) in [6, 6.07) is 64.5. The molecule has 12 aromatic rings. The SMILES string of the molecule is N#Cc1ccc(-c2cccc3c4ccccc4n(-c4nc(-c5ccc6oc7ccccc7c6c5)nc(-c5ccc6c(c5)c5ccccc5n6-c5ccccc5)n4)c23)cc1. The summed E-state index contributed by atoms with van der Waals surface area (Å²) < 4.78 is 10.7. The fourth-order valence-corrected chi connectivity index (χ4v) is 8.74. The average Bonchev–Trinajstić information content (AvgIpc) is 3.96. The zero-order valence-corrected chi connectivity index (χ0v) is 31.4. The van der Waals surface area contributed by atoms with Gasteiger partial charge in [-0.1, -0.05) is 103 Å². The van der Waals surface area contributed by atoms with Gasteiger partial charge in [-0.2, -0.15) is 15.2 Å². The molecule has 0 N–H and O–H groups in total. The van der Waals surface area contributed by atoms with Crippen LogP contribution in [0.3, 0.4) is 0 Å². The van der Waals surface area contributed by atoms with Crippen LogP contribution in [0.15, 0.2) is 186 Å². The van der Waals surface area contributed by atoms with Gasteiger partial charge in [-0.25, -0.2) is 4.98 Å². The molecule has 4 aromatic heterocycles. The lowest BCUT2D eigenvalue weighted by molar-refractivity contribution is 0.669. The Bertz CT molecular complexity index is 3680. The second kappa shape index (κ2) is 12.8. The van der Waals surface area contributed by atoms with Crippen molar-refractivity contribution in [2.75, 3.05) is 0 Å². The number of para-hydroxylation sites is 5. The first-order valence-electron chi connectivity index (χ1n) is 19.5. The fraction of sp³-hybridized carbons (Fsp3) is 0. The van der Waals surface area contributed by atoms with Crippen LogP contribution in [-0.2, 0) is 0 Å². The summed E-state index contributed by atoms with van der Waals surface area (Å²) >= 11 is 0. The van der Waals surface area contributed by atoms with Crippen molar-refractivity contribution >= 4 is 65.6 Å². The maximum absolute atomic E-state index is 9.58. The molecule has 0 aliphatic carbocycles. The Morgan fingerprint density at radius 2 is 1.00 bits per heavy atom. The van der Waals surface area contributed by atoms with Gasteiger partial charge in [0, 0.05) is 54.7 Å². The van der Waals surface area contributed by atoms with E-state index in [-0.39, 0.29) is 0 Å². The van der Waals surface area contributed by atoms with Gasteiger partial charge in [0.1, 0.15) is 11.2 Å². The van der Waals surface area contributed by atoms with Gasteiger partial charge in [0.05, 0.1) is 33.7 Å². The highest BCUT2D eigenvalue weighted by molar-refractivity contribution is 6.14. The van der Waals surface area contributed by atoms with Crippen molar-refractivity contribution in [1.29, 1.82) is 5.26 Å². The molecular formula is C52H30N6O. The summed E-state index contributed by atoms with van der Waals surface area (Å²) in [5.74, 6) is 1.61. The highest BCUT2D eigenvalue weighted by Crippen LogP contribution is 2.40. The van der Waals surface area contributed by atoms with E-state index in [0.717, 1.165) is 93.5 Å². The summed E-state index contributed by atoms with van der Waals surface area (Å²) in [7, 11) is 0. The molecule has 59 heavy (non-hydrogen) atoms. The minimum atomic E-state index is 0.501. The molecule has 0 amide bonds. The quantitative estimate of drug-likeness (QED) is 0.175. The first-order chi connectivity index (χ1) is 29.2. The van der Waals surface area contributed by atoms with Crippen LogP contribution in [0.25, 0.3) is 111 Å². The molecule has 0 saturated heterocycles. The third kappa shape index (κ3) is 5.10. The summed E-state index contributed by atoms with van der Waals surface area (Å²) in [6.07, 6.45) is 0. The molecule has 7 nitrogen and oxygen atoms in total. The molecule has 0 bridgehead atoms. The zero-order chi connectivity index (χ0) is 39.0. The molecule has 0 atom stereocenters. The molecule has 0 spiro atoms. The fourth-order valence-electron chi connectivity index (χ4n) is 8.74. The standard InChI is InChI=1S/C52H30N6O/c53-31-32-21-23-33(24-22-32)37-16-10-17-41-38-13-4-8-19-45(38)58(49(37)41)52-55-50(54-51(56-52)35-26-28-48-43(30-35)40-15-6-9-20-47(40)59-48)34-25-27-46-42(29-34)39-14-5-7-18-44(39)57(46)36-11-2-1-3-12-36/h1-30H. The second-order valence-electron chi connectivity index (χ2n) is 14.8. The van der Waals surface area contributed by atoms with E-state index < -0.39 is 0 Å².